The van der Waals surface area contributed by atoms with Crippen LogP contribution in [0, 0.1) is 6.92 Å². The predicted octanol–water partition coefficient (Wildman–Crippen LogP) is 2.88. The van der Waals surface area contributed by atoms with Crippen LogP contribution in [-0.4, -0.2) is 54.1 Å². The summed E-state index contributed by atoms with van der Waals surface area (Å²) < 4.78 is 5.32. The molecule has 1 aliphatic heterocycles. The number of aryl methyl sites for hydroxylation is 1. The quantitative estimate of drug-likeness (QED) is 0.845. The number of carbonyl (C=O) groups is 1. The average molecular weight is 354 g/mol. The van der Waals surface area contributed by atoms with Gasteiger partial charge < -0.3 is 14.5 Å². The Morgan fingerprint density at radius 1 is 1.12 bits per heavy atom. The number of aromatic nitrogens is 2. The number of piperazine rings is 1. The van der Waals surface area contributed by atoms with E-state index in [0.717, 1.165) is 30.4 Å². The molecular formula is C20H26N4O2. The Morgan fingerprint density at radius 2 is 1.81 bits per heavy atom. The highest BCUT2D eigenvalue weighted by Gasteiger charge is 2.25. The summed E-state index contributed by atoms with van der Waals surface area (Å²) in [6.45, 7) is 9.04. The highest BCUT2D eigenvalue weighted by Crippen LogP contribution is 2.22. The van der Waals surface area contributed by atoms with Gasteiger partial charge in [0.2, 0.25) is 0 Å². The lowest BCUT2D eigenvalue weighted by atomic mass is 10.1. The van der Waals surface area contributed by atoms with Gasteiger partial charge in [-0.1, -0.05) is 26.0 Å². The van der Waals surface area contributed by atoms with Crippen molar-refractivity contribution in [3.63, 3.8) is 0 Å². The normalized spacial score (nSPS) is 14.7. The number of ether oxygens (including phenoxy) is 1. The molecule has 1 amide bonds. The van der Waals surface area contributed by atoms with Gasteiger partial charge in [-0.25, -0.2) is 9.97 Å². The van der Waals surface area contributed by atoms with Crippen LogP contribution in [0.15, 0.2) is 30.3 Å². The predicted molar refractivity (Wildman–Crippen MR) is 102 cm³/mol. The topological polar surface area (TPSA) is 58.6 Å². The van der Waals surface area contributed by atoms with E-state index in [4.69, 9.17) is 9.72 Å². The second kappa shape index (κ2) is 7.72. The van der Waals surface area contributed by atoms with Crippen molar-refractivity contribution in [3.8, 4) is 5.75 Å². The molecule has 0 saturated carbocycles. The summed E-state index contributed by atoms with van der Waals surface area (Å²) in [4.78, 5) is 26.1. The minimum atomic E-state index is 0.0174. The van der Waals surface area contributed by atoms with Crippen LogP contribution in [0.1, 0.15) is 41.6 Å². The average Bonchev–Trinajstić information content (AvgIpc) is 2.67. The van der Waals surface area contributed by atoms with Crippen molar-refractivity contribution in [2.24, 2.45) is 0 Å². The zero-order valence-corrected chi connectivity index (χ0v) is 15.9. The zero-order valence-electron chi connectivity index (χ0n) is 15.9. The van der Waals surface area contributed by atoms with Crippen molar-refractivity contribution in [3.05, 3.63) is 47.4 Å². The van der Waals surface area contributed by atoms with E-state index in [1.807, 2.05) is 42.2 Å². The Bertz CT molecular complexity index is 783. The van der Waals surface area contributed by atoms with Gasteiger partial charge in [-0.3, -0.25) is 4.79 Å². The molecule has 1 fully saturated rings. The molecule has 6 heteroatoms. The Morgan fingerprint density at radius 3 is 2.46 bits per heavy atom. The molecule has 3 rings (SSSR count). The van der Waals surface area contributed by atoms with Crippen molar-refractivity contribution in [2.45, 2.75) is 26.7 Å². The van der Waals surface area contributed by atoms with E-state index in [1.54, 1.807) is 7.11 Å². The number of para-hydroxylation sites is 1. The Labute approximate surface area is 154 Å². The first-order valence-corrected chi connectivity index (χ1v) is 9.02. The molecule has 0 unspecified atom stereocenters. The van der Waals surface area contributed by atoms with E-state index in [1.165, 1.54) is 0 Å². The molecule has 2 aromatic rings. The van der Waals surface area contributed by atoms with Gasteiger partial charge in [0, 0.05) is 43.9 Å². The molecule has 1 aromatic carbocycles. The minimum Gasteiger partial charge on any atom is -0.496 e. The van der Waals surface area contributed by atoms with E-state index < -0.39 is 0 Å². The van der Waals surface area contributed by atoms with E-state index in [2.05, 4.69) is 23.7 Å². The zero-order chi connectivity index (χ0) is 18.7. The molecule has 0 radical (unpaired) electrons. The van der Waals surface area contributed by atoms with Crippen LogP contribution >= 0.6 is 0 Å². The number of hydrogen-bond acceptors (Lipinski definition) is 5. The van der Waals surface area contributed by atoms with Crippen molar-refractivity contribution in [1.82, 2.24) is 14.9 Å². The fourth-order valence-electron chi connectivity index (χ4n) is 3.12. The van der Waals surface area contributed by atoms with E-state index in [9.17, 15) is 4.79 Å². The molecule has 0 aliphatic carbocycles. The number of hydrogen-bond donors (Lipinski definition) is 0. The third kappa shape index (κ3) is 3.79. The largest absolute Gasteiger partial charge is 0.496 e. The Balaban J connectivity index is 1.70. The van der Waals surface area contributed by atoms with Gasteiger partial charge in [0.05, 0.1) is 12.7 Å². The molecule has 1 aromatic heterocycles. The number of amides is 1. The van der Waals surface area contributed by atoms with Crippen molar-refractivity contribution in [1.29, 1.82) is 0 Å². The van der Waals surface area contributed by atoms with Crippen molar-refractivity contribution in [2.75, 3.05) is 38.2 Å². The van der Waals surface area contributed by atoms with Crippen LogP contribution in [0.3, 0.4) is 0 Å². The van der Waals surface area contributed by atoms with Crippen LogP contribution in [0.2, 0.25) is 0 Å². The van der Waals surface area contributed by atoms with Gasteiger partial charge >= 0.3 is 0 Å². The molecule has 6 nitrogen and oxygen atoms in total. The molecule has 0 atom stereocenters. The summed E-state index contributed by atoms with van der Waals surface area (Å²) in [6, 6.07) is 9.39. The van der Waals surface area contributed by atoms with Crippen molar-refractivity contribution < 1.29 is 9.53 Å². The first kappa shape index (κ1) is 18.2. The standard InChI is InChI=1S/C20H26N4O2/c1-14(2)19-21-15(3)13-18(22-19)23-9-11-24(12-10-23)20(25)16-7-5-6-8-17(16)26-4/h5-8,13-14H,9-12H2,1-4H3. The molecular weight excluding hydrogens is 328 g/mol. The highest BCUT2D eigenvalue weighted by atomic mass is 16.5. The molecule has 1 aliphatic rings. The minimum absolute atomic E-state index is 0.0174. The molecule has 26 heavy (non-hydrogen) atoms. The number of anilines is 1. The van der Waals surface area contributed by atoms with Gasteiger partial charge in [0.1, 0.15) is 17.4 Å². The third-order valence-electron chi connectivity index (χ3n) is 4.60. The third-order valence-corrected chi connectivity index (χ3v) is 4.60. The summed E-state index contributed by atoms with van der Waals surface area (Å²) >= 11 is 0. The van der Waals surface area contributed by atoms with Crippen molar-refractivity contribution >= 4 is 11.7 Å². The highest BCUT2D eigenvalue weighted by molar-refractivity contribution is 5.97. The van der Waals surface area contributed by atoms with Gasteiger partial charge in [-0.2, -0.15) is 0 Å². The number of benzene rings is 1. The fourth-order valence-corrected chi connectivity index (χ4v) is 3.12. The van der Waals surface area contributed by atoms with Crippen LogP contribution in [-0.2, 0) is 0 Å². The lowest BCUT2D eigenvalue weighted by molar-refractivity contribution is 0.0743. The SMILES string of the molecule is COc1ccccc1C(=O)N1CCN(c2cc(C)nc(C(C)C)n2)CC1. The van der Waals surface area contributed by atoms with Crippen LogP contribution in [0.4, 0.5) is 5.82 Å². The van der Waals surface area contributed by atoms with Gasteiger partial charge in [-0.15, -0.1) is 0 Å². The molecule has 138 valence electrons. The molecule has 0 spiro atoms. The summed E-state index contributed by atoms with van der Waals surface area (Å²) in [5.74, 6) is 2.75. The second-order valence-electron chi connectivity index (χ2n) is 6.86. The molecule has 1 saturated heterocycles. The summed E-state index contributed by atoms with van der Waals surface area (Å²) in [5.41, 5.74) is 1.59. The first-order valence-electron chi connectivity index (χ1n) is 9.02. The summed E-state index contributed by atoms with van der Waals surface area (Å²) in [5, 5.41) is 0. The van der Waals surface area contributed by atoms with E-state index in [-0.39, 0.29) is 5.91 Å². The summed E-state index contributed by atoms with van der Waals surface area (Å²) in [6.07, 6.45) is 0. The van der Waals surface area contributed by atoms with Gasteiger partial charge in [-0.05, 0) is 19.1 Å². The number of carbonyl (C=O) groups excluding carboxylic acids is 1. The molecule has 0 N–H and O–H groups in total. The maximum atomic E-state index is 12.8. The number of rotatable bonds is 4. The monoisotopic (exact) mass is 354 g/mol. The fraction of sp³-hybridized carbons (Fsp3) is 0.450. The maximum absolute atomic E-state index is 12.8. The first-order chi connectivity index (χ1) is 12.5. The summed E-state index contributed by atoms with van der Waals surface area (Å²) in [7, 11) is 1.59. The smallest absolute Gasteiger partial charge is 0.257 e. The van der Waals surface area contributed by atoms with Crippen LogP contribution in [0.25, 0.3) is 0 Å². The lowest BCUT2D eigenvalue weighted by Crippen LogP contribution is -2.49. The molecule has 2 heterocycles. The Kier molecular flexibility index (Phi) is 5.40. The van der Waals surface area contributed by atoms with Crippen LogP contribution in [0.5, 0.6) is 5.75 Å². The van der Waals surface area contributed by atoms with Gasteiger partial charge in [0.15, 0.2) is 0 Å². The van der Waals surface area contributed by atoms with E-state index in [0.29, 0.717) is 30.3 Å². The van der Waals surface area contributed by atoms with Gasteiger partial charge in [0.25, 0.3) is 5.91 Å². The number of methoxy groups -OCH3 is 1. The second-order valence-corrected chi connectivity index (χ2v) is 6.86. The van der Waals surface area contributed by atoms with E-state index >= 15 is 0 Å². The lowest BCUT2D eigenvalue weighted by Gasteiger charge is -2.35. The maximum Gasteiger partial charge on any atom is 0.257 e. The number of nitrogens with zero attached hydrogens (tertiary/aromatic N) is 4. The molecule has 0 bridgehead atoms. The van der Waals surface area contributed by atoms with Crippen LogP contribution < -0.4 is 9.64 Å². The Hall–Kier alpha value is -2.63.